The van der Waals surface area contributed by atoms with Gasteiger partial charge in [0.1, 0.15) is 5.75 Å². The molecule has 2 aromatic rings. The lowest BCUT2D eigenvalue weighted by atomic mass is 10.1. The van der Waals surface area contributed by atoms with Gasteiger partial charge in [-0.2, -0.15) is 0 Å². The first-order valence-electron chi connectivity index (χ1n) is 10.8. The second-order valence-corrected chi connectivity index (χ2v) is 7.43. The molecule has 2 N–H and O–H groups in total. The minimum absolute atomic E-state index is 0.629. The fraction of sp³-hybridized carbons (Fsp3) is 0.458. The van der Waals surface area contributed by atoms with Gasteiger partial charge in [0, 0.05) is 65.1 Å². The summed E-state index contributed by atoms with van der Waals surface area (Å²) in [5.41, 5.74) is 3.53. The highest BCUT2D eigenvalue weighted by Gasteiger charge is 2.13. The first-order chi connectivity index (χ1) is 15.3. The Bertz CT molecular complexity index is 822. The third-order valence-electron chi connectivity index (χ3n) is 5.14. The van der Waals surface area contributed by atoms with Gasteiger partial charge in [-0.05, 0) is 23.3 Å². The molecule has 1 heterocycles. The van der Waals surface area contributed by atoms with Crippen LogP contribution in [0.15, 0.2) is 53.5 Å². The molecule has 0 aliphatic carbocycles. The highest BCUT2D eigenvalue weighted by atomic mass is 16.5. The number of nitrogens with zero attached hydrogens (tertiary/aromatic N) is 2. The van der Waals surface area contributed by atoms with Crippen LogP contribution >= 0.6 is 0 Å². The average molecular weight is 427 g/mol. The number of nitrogens with one attached hydrogen (secondary N) is 2. The van der Waals surface area contributed by atoms with Crippen molar-refractivity contribution in [3.05, 3.63) is 59.7 Å². The van der Waals surface area contributed by atoms with Gasteiger partial charge in [0.2, 0.25) is 0 Å². The number of guanidine groups is 1. The van der Waals surface area contributed by atoms with E-state index in [4.69, 9.17) is 14.2 Å². The van der Waals surface area contributed by atoms with Crippen molar-refractivity contribution in [1.29, 1.82) is 0 Å². The first-order valence-corrected chi connectivity index (χ1v) is 10.8. The van der Waals surface area contributed by atoms with Crippen LogP contribution in [0.25, 0.3) is 0 Å². The molecule has 0 saturated carbocycles. The average Bonchev–Trinajstić information content (AvgIpc) is 2.81. The van der Waals surface area contributed by atoms with Gasteiger partial charge in [0.15, 0.2) is 5.96 Å². The van der Waals surface area contributed by atoms with Crippen LogP contribution in [-0.4, -0.2) is 64.5 Å². The minimum Gasteiger partial charge on any atom is -0.493 e. The standard InChI is InChI=1S/C24H34N4O3/c1-25-24(27-22-9-5-10-23(17-22)31-14-6-13-29-2)26-18-20-7-3-4-8-21(20)19-28-11-15-30-16-12-28/h3-5,7-10,17H,6,11-16,18-19H2,1-2H3,(H2,25,26,27). The van der Waals surface area contributed by atoms with Gasteiger partial charge in [0.25, 0.3) is 0 Å². The zero-order valence-electron chi connectivity index (χ0n) is 18.6. The molecule has 0 atom stereocenters. The van der Waals surface area contributed by atoms with Crippen LogP contribution in [0.4, 0.5) is 5.69 Å². The predicted octanol–water partition coefficient (Wildman–Crippen LogP) is 3.12. The van der Waals surface area contributed by atoms with Crippen molar-refractivity contribution in [3.63, 3.8) is 0 Å². The Morgan fingerprint density at radius 1 is 1.06 bits per heavy atom. The van der Waals surface area contributed by atoms with E-state index in [0.717, 1.165) is 56.7 Å². The van der Waals surface area contributed by atoms with E-state index in [1.807, 2.05) is 24.3 Å². The molecule has 7 nitrogen and oxygen atoms in total. The minimum atomic E-state index is 0.629. The molecule has 0 aromatic heterocycles. The van der Waals surface area contributed by atoms with Gasteiger partial charge in [-0.15, -0.1) is 0 Å². The van der Waals surface area contributed by atoms with Crippen molar-refractivity contribution in [3.8, 4) is 5.75 Å². The van der Waals surface area contributed by atoms with Crippen molar-refractivity contribution < 1.29 is 14.2 Å². The largest absolute Gasteiger partial charge is 0.493 e. The van der Waals surface area contributed by atoms with Crippen LogP contribution in [-0.2, 0) is 22.6 Å². The summed E-state index contributed by atoms with van der Waals surface area (Å²) in [6, 6.07) is 16.5. The number of morpholine rings is 1. The molecule has 2 aromatic carbocycles. The van der Waals surface area contributed by atoms with E-state index in [1.54, 1.807) is 14.2 Å². The maximum absolute atomic E-state index is 5.79. The number of methoxy groups -OCH3 is 1. The highest BCUT2D eigenvalue weighted by Crippen LogP contribution is 2.18. The molecule has 0 spiro atoms. The summed E-state index contributed by atoms with van der Waals surface area (Å²) >= 11 is 0. The quantitative estimate of drug-likeness (QED) is 0.346. The predicted molar refractivity (Wildman–Crippen MR) is 125 cm³/mol. The van der Waals surface area contributed by atoms with Gasteiger partial charge >= 0.3 is 0 Å². The molecule has 1 aliphatic heterocycles. The molecule has 31 heavy (non-hydrogen) atoms. The Hall–Kier alpha value is -2.61. The summed E-state index contributed by atoms with van der Waals surface area (Å²) in [5, 5.41) is 6.78. The lowest BCUT2D eigenvalue weighted by molar-refractivity contribution is 0.0341. The molecule has 1 fully saturated rings. The van der Waals surface area contributed by atoms with Gasteiger partial charge in [-0.25, -0.2) is 0 Å². The summed E-state index contributed by atoms with van der Waals surface area (Å²) < 4.78 is 16.3. The molecule has 1 aliphatic rings. The van der Waals surface area contributed by atoms with Gasteiger partial charge < -0.3 is 24.8 Å². The third kappa shape index (κ3) is 7.86. The summed E-state index contributed by atoms with van der Waals surface area (Å²) in [4.78, 5) is 6.81. The summed E-state index contributed by atoms with van der Waals surface area (Å²) in [7, 11) is 3.48. The van der Waals surface area contributed by atoms with E-state index in [9.17, 15) is 0 Å². The molecule has 168 valence electrons. The second kappa shape index (κ2) is 12.9. The van der Waals surface area contributed by atoms with E-state index >= 15 is 0 Å². The lowest BCUT2D eigenvalue weighted by Crippen LogP contribution is -2.36. The topological polar surface area (TPSA) is 67.4 Å². The molecule has 0 unspecified atom stereocenters. The number of hydrogen-bond acceptors (Lipinski definition) is 5. The Labute approximate surface area is 185 Å². The molecule has 3 rings (SSSR count). The maximum atomic E-state index is 5.79. The monoisotopic (exact) mass is 426 g/mol. The molecule has 7 heteroatoms. The Kier molecular flexibility index (Phi) is 9.63. The Balaban J connectivity index is 1.54. The fourth-order valence-electron chi connectivity index (χ4n) is 3.44. The molecule has 0 bridgehead atoms. The number of rotatable bonds is 10. The number of ether oxygens (including phenoxy) is 3. The van der Waals surface area contributed by atoms with Crippen LogP contribution < -0.4 is 15.4 Å². The lowest BCUT2D eigenvalue weighted by Gasteiger charge is -2.27. The van der Waals surface area contributed by atoms with E-state index in [2.05, 4.69) is 44.8 Å². The van der Waals surface area contributed by atoms with E-state index in [0.29, 0.717) is 19.8 Å². The smallest absolute Gasteiger partial charge is 0.195 e. The van der Waals surface area contributed by atoms with Gasteiger partial charge in [-0.1, -0.05) is 30.3 Å². The van der Waals surface area contributed by atoms with Crippen LogP contribution in [0.1, 0.15) is 17.5 Å². The van der Waals surface area contributed by atoms with Crippen molar-refractivity contribution in [2.45, 2.75) is 19.5 Å². The second-order valence-electron chi connectivity index (χ2n) is 7.43. The van der Waals surface area contributed by atoms with E-state index < -0.39 is 0 Å². The summed E-state index contributed by atoms with van der Waals surface area (Å²) in [6.45, 7) is 6.55. The molecule has 1 saturated heterocycles. The third-order valence-corrected chi connectivity index (χ3v) is 5.14. The van der Waals surface area contributed by atoms with Crippen molar-refractivity contribution in [2.75, 3.05) is 59.0 Å². The molecular formula is C24H34N4O3. The fourth-order valence-corrected chi connectivity index (χ4v) is 3.44. The SMILES string of the molecule is CN=C(NCc1ccccc1CN1CCOCC1)Nc1cccc(OCCCOC)c1. The van der Waals surface area contributed by atoms with Crippen LogP contribution in [0.2, 0.25) is 0 Å². The van der Waals surface area contributed by atoms with Crippen molar-refractivity contribution >= 4 is 11.6 Å². The highest BCUT2D eigenvalue weighted by molar-refractivity contribution is 5.93. The number of benzene rings is 2. The number of hydrogen-bond donors (Lipinski definition) is 2. The first kappa shape index (κ1) is 23.1. The molecule has 0 amide bonds. The van der Waals surface area contributed by atoms with Crippen molar-refractivity contribution in [1.82, 2.24) is 10.2 Å². The van der Waals surface area contributed by atoms with Crippen molar-refractivity contribution in [2.24, 2.45) is 4.99 Å². The van der Waals surface area contributed by atoms with Gasteiger partial charge in [-0.3, -0.25) is 9.89 Å². The number of aliphatic imine (C=N–C) groups is 1. The maximum Gasteiger partial charge on any atom is 0.195 e. The van der Waals surface area contributed by atoms with E-state index in [1.165, 1.54) is 11.1 Å². The number of anilines is 1. The molecule has 0 radical (unpaired) electrons. The molecular weight excluding hydrogens is 392 g/mol. The Morgan fingerprint density at radius 3 is 2.65 bits per heavy atom. The Morgan fingerprint density at radius 2 is 1.87 bits per heavy atom. The summed E-state index contributed by atoms with van der Waals surface area (Å²) in [5.74, 6) is 1.55. The van der Waals surface area contributed by atoms with Crippen LogP contribution in [0.5, 0.6) is 5.75 Å². The van der Waals surface area contributed by atoms with Crippen LogP contribution in [0.3, 0.4) is 0 Å². The normalized spacial score (nSPS) is 15.0. The zero-order valence-corrected chi connectivity index (χ0v) is 18.6. The summed E-state index contributed by atoms with van der Waals surface area (Å²) in [6.07, 6.45) is 0.862. The van der Waals surface area contributed by atoms with Gasteiger partial charge in [0.05, 0.1) is 19.8 Å². The van der Waals surface area contributed by atoms with E-state index in [-0.39, 0.29) is 0 Å². The zero-order chi connectivity index (χ0) is 21.7. The van der Waals surface area contributed by atoms with Crippen LogP contribution in [0, 0.1) is 0 Å².